The van der Waals surface area contributed by atoms with Crippen LogP contribution in [0.5, 0.6) is 0 Å². The van der Waals surface area contributed by atoms with Crippen molar-refractivity contribution in [2.24, 2.45) is 0 Å². The first kappa shape index (κ1) is 17.5. The minimum Gasteiger partial charge on any atom is -0.326 e. The molecule has 1 amide bonds. The van der Waals surface area contributed by atoms with Crippen LogP contribution in [0.2, 0.25) is 5.02 Å². The van der Waals surface area contributed by atoms with Gasteiger partial charge < -0.3 is 5.32 Å². The molecule has 0 aliphatic carbocycles. The van der Waals surface area contributed by atoms with Crippen molar-refractivity contribution in [1.29, 1.82) is 0 Å². The lowest BCUT2D eigenvalue weighted by atomic mass is 10.2. The number of carbonyl (C=O) groups excluding carboxylic acids is 1. The van der Waals surface area contributed by atoms with E-state index >= 15 is 0 Å². The van der Waals surface area contributed by atoms with E-state index in [1.165, 1.54) is 12.1 Å². The summed E-state index contributed by atoms with van der Waals surface area (Å²) in [7, 11) is -3.67. The lowest BCUT2D eigenvalue weighted by Crippen LogP contribution is -2.28. The summed E-state index contributed by atoms with van der Waals surface area (Å²) in [6.45, 7) is 1.89. The quantitative estimate of drug-likeness (QED) is 0.839. The Kier molecular flexibility index (Phi) is 5.76. The van der Waals surface area contributed by atoms with E-state index in [9.17, 15) is 13.2 Å². The molecular formula is C16H17ClN2O3S. The number of benzene rings is 2. The number of nitrogens with one attached hydrogen (secondary N) is 2. The summed E-state index contributed by atoms with van der Waals surface area (Å²) >= 11 is 5.78. The zero-order valence-corrected chi connectivity index (χ0v) is 14.1. The van der Waals surface area contributed by atoms with Gasteiger partial charge in [-0.25, -0.2) is 13.1 Å². The molecule has 0 bridgehead atoms. The van der Waals surface area contributed by atoms with E-state index in [0.717, 1.165) is 11.3 Å². The third-order valence-corrected chi connectivity index (χ3v) is 4.86. The normalized spacial score (nSPS) is 11.2. The van der Waals surface area contributed by atoms with Crippen LogP contribution in [0.1, 0.15) is 12.0 Å². The topological polar surface area (TPSA) is 75.3 Å². The van der Waals surface area contributed by atoms with Crippen LogP contribution in [0.3, 0.4) is 0 Å². The van der Waals surface area contributed by atoms with Crippen molar-refractivity contribution < 1.29 is 13.2 Å². The van der Waals surface area contributed by atoms with Crippen molar-refractivity contribution in [3.63, 3.8) is 0 Å². The van der Waals surface area contributed by atoms with Crippen molar-refractivity contribution in [3.05, 3.63) is 59.1 Å². The average Bonchev–Trinajstić information content (AvgIpc) is 2.49. The van der Waals surface area contributed by atoms with Crippen molar-refractivity contribution in [2.75, 3.05) is 11.9 Å². The van der Waals surface area contributed by atoms with Crippen molar-refractivity contribution in [2.45, 2.75) is 18.2 Å². The van der Waals surface area contributed by atoms with Gasteiger partial charge in [0.25, 0.3) is 0 Å². The third-order valence-electron chi connectivity index (χ3n) is 3.17. The van der Waals surface area contributed by atoms with E-state index in [1.54, 1.807) is 18.2 Å². The molecule has 0 saturated heterocycles. The summed E-state index contributed by atoms with van der Waals surface area (Å²) in [4.78, 5) is 11.9. The highest BCUT2D eigenvalue weighted by molar-refractivity contribution is 7.89. The lowest BCUT2D eigenvalue weighted by Gasteiger charge is -2.09. The van der Waals surface area contributed by atoms with Gasteiger partial charge in [0.05, 0.1) is 4.90 Å². The van der Waals surface area contributed by atoms with E-state index in [2.05, 4.69) is 10.0 Å². The van der Waals surface area contributed by atoms with Gasteiger partial charge in [-0.2, -0.15) is 0 Å². The van der Waals surface area contributed by atoms with Crippen molar-refractivity contribution in [3.8, 4) is 0 Å². The van der Waals surface area contributed by atoms with Gasteiger partial charge in [-0.1, -0.05) is 35.9 Å². The van der Waals surface area contributed by atoms with Crippen molar-refractivity contribution in [1.82, 2.24) is 4.72 Å². The first-order valence-corrected chi connectivity index (χ1v) is 8.85. The van der Waals surface area contributed by atoms with Gasteiger partial charge in [-0.15, -0.1) is 0 Å². The Morgan fingerprint density at radius 1 is 1.13 bits per heavy atom. The van der Waals surface area contributed by atoms with Crippen molar-refractivity contribution >= 4 is 33.2 Å². The fourth-order valence-electron chi connectivity index (χ4n) is 1.94. The first-order valence-electron chi connectivity index (χ1n) is 6.99. The molecule has 0 unspecified atom stereocenters. The molecule has 0 atom stereocenters. The Labute approximate surface area is 140 Å². The van der Waals surface area contributed by atoms with E-state index in [1.807, 2.05) is 25.1 Å². The Balaban J connectivity index is 1.89. The Hall–Kier alpha value is -1.89. The molecule has 0 aromatic heterocycles. The Morgan fingerprint density at radius 3 is 2.57 bits per heavy atom. The first-order chi connectivity index (χ1) is 10.9. The van der Waals surface area contributed by atoms with Crippen LogP contribution >= 0.6 is 11.6 Å². The summed E-state index contributed by atoms with van der Waals surface area (Å²) in [5.74, 6) is -0.256. The Bertz CT molecular complexity index is 806. The predicted octanol–water partition coefficient (Wildman–Crippen LogP) is 2.96. The molecule has 0 heterocycles. The van der Waals surface area contributed by atoms with Crippen LogP contribution in [0, 0.1) is 6.92 Å². The number of anilines is 1. The number of para-hydroxylation sites is 1. The number of carbonyl (C=O) groups is 1. The summed E-state index contributed by atoms with van der Waals surface area (Å²) in [6, 6.07) is 13.3. The molecule has 0 radical (unpaired) electrons. The smallest absolute Gasteiger partial charge is 0.240 e. The summed E-state index contributed by atoms with van der Waals surface area (Å²) in [6.07, 6.45) is 0.0358. The summed E-state index contributed by atoms with van der Waals surface area (Å²) < 4.78 is 26.5. The van der Waals surface area contributed by atoms with Crippen LogP contribution in [-0.2, 0) is 14.8 Å². The third kappa shape index (κ3) is 5.06. The van der Waals surface area contributed by atoms with E-state index in [-0.39, 0.29) is 23.8 Å². The van der Waals surface area contributed by atoms with Crippen LogP contribution in [0.25, 0.3) is 0 Å². The second-order valence-electron chi connectivity index (χ2n) is 4.97. The van der Waals surface area contributed by atoms with Gasteiger partial charge in [0.15, 0.2) is 0 Å². The van der Waals surface area contributed by atoms with Gasteiger partial charge in [0, 0.05) is 23.7 Å². The molecule has 2 rings (SSSR count). The highest BCUT2D eigenvalue weighted by Crippen LogP contribution is 2.15. The number of amides is 1. The van der Waals surface area contributed by atoms with Gasteiger partial charge in [0.1, 0.15) is 0 Å². The number of halogens is 1. The molecule has 5 nitrogen and oxygen atoms in total. The zero-order chi connectivity index (χ0) is 16.9. The number of rotatable bonds is 6. The highest BCUT2D eigenvalue weighted by Gasteiger charge is 2.14. The molecule has 2 aromatic rings. The molecule has 0 spiro atoms. The highest BCUT2D eigenvalue weighted by atomic mass is 35.5. The minimum absolute atomic E-state index is 0.00651. The molecular weight excluding hydrogens is 336 g/mol. The molecule has 2 N–H and O–H groups in total. The molecule has 23 heavy (non-hydrogen) atoms. The maximum absolute atomic E-state index is 12.1. The standard InChI is InChI=1S/C16H17ClN2O3S/c1-12-5-2-3-8-15(12)19-16(20)9-10-18-23(21,22)14-7-4-6-13(17)11-14/h2-8,11,18H,9-10H2,1H3,(H,19,20). The largest absolute Gasteiger partial charge is 0.326 e. The fourth-order valence-corrected chi connectivity index (χ4v) is 3.27. The number of aryl methyl sites for hydroxylation is 1. The molecule has 0 fully saturated rings. The molecule has 0 saturated carbocycles. The van der Waals surface area contributed by atoms with Gasteiger partial charge in [-0.3, -0.25) is 4.79 Å². The average molecular weight is 353 g/mol. The van der Waals surface area contributed by atoms with Crippen LogP contribution in [0.4, 0.5) is 5.69 Å². The summed E-state index contributed by atoms with van der Waals surface area (Å²) in [5, 5.41) is 3.09. The van der Waals surface area contributed by atoms with E-state index < -0.39 is 10.0 Å². The molecule has 7 heteroatoms. The monoisotopic (exact) mass is 352 g/mol. The molecule has 2 aromatic carbocycles. The second-order valence-corrected chi connectivity index (χ2v) is 7.17. The molecule has 122 valence electrons. The SMILES string of the molecule is Cc1ccccc1NC(=O)CCNS(=O)(=O)c1cccc(Cl)c1. The Morgan fingerprint density at radius 2 is 1.87 bits per heavy atom. The minimum atomic E-state index is -3.67. The van der Waals surface area contributed by atoms with Crippen LogP contribution < -0.4 is 10.0 Å². The lowest BCUT2D eigenvalue weighted by molar-refractivity contribution is -0.116. The summed E-state index contributed by atoms with van der Waals surface area (Å²) in [5.41, 5.74) is 1.66. The molecule has 0 aliphatic rings. The molecule has 0 aliphatic heterocycles. The van der Waals surface area contributed by atoms with Gasteiger partial charge >= 0.3 is 0 Å². The van der Waals surface area contributed by atoms with Crippen LogP contribution in [-0.4, -0.2) is 20.9 Å². The number of hydrogen-bond acceptors (Lipinski definition) is 3. The predicted molar refractivity (Wildman–Crippen MR) is 91.1 cm³/mol. The second kappa shape index (κ2) is 7.59. The van der Waals surface area contributed by atoms with Gasteiger partial charge in [0.2, 0.25) is 15.9 Å². The van der Waals surface area contributed by atoms with E-state index in [0.29, 0.717) is 5.02 Å². The van der Waals surface area contributed by atoms with Gasteiger partial charge in [-0.05, 0) is 36.8 Å². The maximum Gasteiger partial charge on any atom is 0.240 e. The van der Waals surface area contributed by atoms with E-state index in [4.69, 9.17) is 11.6 Å². The zero-order valence-electron chi connectivity index (χ0n) is 12.5. The van der Waals surface area contributed by atoms with Crippen LogP contribution in [0.15, 0.2) is 53.4 Å². The maximum atomic E-state index is 12.1. The number of sulfonamides is 1. The fraction of sp³-hybridized carbons (Fsp3) is 0.188. The number of hydrogen-bond donors (Lipinski definition) is 2.